The number of hydrogen-bond acceptors (Lipinski definition) is 4. The van der Waals surface area contributed by atoms with Crippen molar-refractivity contribution in [2.45, 2.75) is 5.88 Å². The molecule has 0 saturated heterocycles. The first-order valence-corrected chi connectivity index (χ1v) is 8.64. The number of carbonyl (C=O) groups excluding carboxylic acids is 1. The van der Waals surface area contributed by atoms with Crippen LogP contribution in [0.15, 0.2) is 51.8 Å². The van der Waals surface area contributed by atoms with Crippen LogP contribution in [0.1, 0.15) is 21.9 Å². The number of ketones is 1. The number of hydrogen-bond donors (Lipinski definition) is 0. The van der Waals surface area contributed by atoms with Gasteiger partial charge in [-0.1, -0.05) is 22.0 Å². The fourth-order valence-electron chi connectivity index (χ4n) is 2.16. The van der Waals surface area contributed by atoms with Crippen molar-refractivity contribution in [3.8, 4) is 5.69 Å². The number of halogens is 3. The van der Waals surface area contributed by atoms with Crippen molar-refractivity contribution >= 4 is 49.2 Å². The van der Waals surface area contributed by atoms with Crippen LogP contribution < -0.4 is 0 Å². The molecule has 0 aliphatic carbocycles. The van der Waals surface area contributed by atoms with Gasteiger partial charge in [0, 0.05) is 15.1 Å². The number of rotatable bonds is 4. The van der Waals surface area contributed by atoms with Gasteiger partial charge in [-0.3, -0.25) is 14.3 Å². The summed E-state index contributed by atoms with van der Waals surface area (Å²) in [6.45, 7) is 0. The molecule has 0 radical (unpaired) electrons. The normalized spacial score (nSPS) is 10.7. The lowest BCUT2D eigenvalue weighted by Crippen LogP contribution is -2.11. The number of benzene rings is 1. The van der Waals surface area contributed by atoms with Crippen LogP contribution in [-0.4, -0.2) is 25.5 Å². The summed E-state index contributed by atoms with van der Waals surface area (Å²) in [5.74, 6) is 0.529. The molecule has 0 saturated carbocycles. The number of pyridine rings is 1. The molecule has 0 aliphatic heterocycles. The van der Waals surface area contributed by atoms with Gasteiger partial charge in [-0.2, -0.15) is 0 Å². The summed E-state index contributed by atoms with van der Waals surface area (Å²) in [5, 5.41) is 7.84. The Balaban J connectivity index is 2.23. The summed E-state index contributed by atoms with van der Waals surface area (Å²) in [5.41, 5.74) is 1.46. The second kappa shape index (κ2) is 6.90. The van der Waals surface area contributed by atoms with Crippen molar-refractivity contribution in [2.75, 3.05) is 0 Å². The average Bonchev–Trinajstić information content (AvgIpc) is 3.02. The molecule has 23 heavy (non-hydrogen) atoms. The number of carbonyl (C=O) groups is 1. The summed E-state index contributed by atoms with van der Waals surface area (Å²) in [6.07, 6.45) is 3.11. The molecule has 0 fully saturated rings. The lowest BCUT2D eigenvalue weighted by molar-refractivity contribution is 0.103. The van der Waals surface area contributed by atoms with Crippen molar-refractivity contribution in [1.82, 2.24) is 19.7 Å². The quantitative estimate of drug-likeness (QED) is 0.437. The molecule has 0 bridgehead atoms. The van der Waals surface area contributed by atoms with E-state index in [9.17, 15) is 4.79 Å². The van der Waals surface area contributed by atoms with E-state index in [-0.39, 0.29) is 11.7 Å². The van der Waals surface area contributed by atoms with Gasteiger partial charge >= 0.3 is 0 Å². The van der Waals surface area contributed by atoms with Crippen LogP contribution in [-0.2, 0) is 5.88 Å². The minimum atomic E-state index is -0.197. The number of nitrogens with zero attached hydrogens (tertiary/aromatic N) is 4. The maximum Gasteiger partial charge on any atom is 0.213 e. The summed E-state index contributed by atoms with van der Waals surface area (Å²) in [7, 11) is 0. The molecule has 0 N–H and O–H groups in total. The monoisotopic (exact) mass is 454 g/mol. The maximum absolute atomic E-state index is 12.9. The molecule has 3 rings (SSSR count). The van der Waals surface area contributed by atoms with E-state index >= 15 is 0 Å². The van der Waals surface area contributed by atoms with Crippen molar-refractivity contribution in [3.63, 3.8) is 0 Å². The van der Waals surface area contributed by atoms with Crippen molar-refractivity contribution in [1.29, 1.82) is 0 Å². The van der Waals surface area contributed by atoms with E-state index in [1.165, 1.54) is 6.33 Å². The maximum atomic E-state index is 12.9. The average molecular weight is 457 g/mol. The van der Waals surface area contributed by atoms with Crippen LogP contribution in [0.25, 0.3) is 5.69 Å². The highest BCUT2D eigenvalue weighted by atomic mass is 79.9. The first-order chi connectivity index (χ1) is 11.1. The Morgan fingerprint density at radius 1 is 1.26 bits per heavy atom. The smallest absolute Gasteiger partial charge is 0.213 e. The number of alkyl halides is 1. The van der Waals surface area contributed by atoms with Crippen molar-refractivity contribution in [2.24, 2.45) is 0 Å². The van der Waals surface area contributed by atoms with E-state index in [4.69, 9.17) is 11.6 Å². The van der Waals surface area contributed by atoms with E-state index in [1.54, 1.807) is 35.0 Å². The van der Waals surface area contributed by atoms with E-state index in [1.807, 2.05) is 6.07 Å². The van der Waals surface area contributed by atoms with Crippen LogP contribution in [0.5, 0.6) is 0 Å². The van der Waals surface area contributed by atoms with Crippen LogP contribution in [0.2, 0.25) is 0 Å². The largest absolute Gasteiger partial charge is 0.287 e. The summed E-state index contributed by atoms with van der Waals surface area (Å²) < 4.78 is 3.19. The zero-order chi connectivity index (χ0) is 16.4. The molecule has 3 aromatic rings. The van der Waals surface area contributed by atoms with Crippen molar-refractivity contribution < 1.29 is 4.79 Å². The molecule has 2 aromatic heterocycles. The Morgan fingerprint density at radius 3 is 2.78 bits per heavy atom. The second-order valence-corrected chi connectivity index (χ2v) is 6.62. The van der Waals surface area contributed by atoms with Crippen LogP contribution in [0.3, 0.4) is 0 Å². The third kappa shape index (κ3) is 3.22. The van der Waals surface area contributed by atoms with Gasteiger partial charge in [-0.05, 0) is 40.2 Å². The van der Waals surface area contributed by atoms with Gasteiger partial charge < -0.3 is 0 Å². The fourth-order valence-corrected chi connectivity index (χ4v) is 3.75. The highest BCUT2D eigenvalue weighted by Crippen LogP contribution is 2.31. The molecule has 0 aliphatic rings. The molecule has 0 spiro atoms. The Labute approximate surface area is 154 Å². The summed E-state index contributed by atoms with van der Waals surface area (Å²) in [4.78, 5) is 17.0. The summed E-state index contributed by atoms with van der Waals surface area (Å²) in [6, 6.07) is 8.81. The van der Waals surface area contributed by atoms with Crippen LogP contribution >= 0.6 is 43.5 Å². The van der Waals surface area contributed by atoms with E-state index < -0.39 is 0 Å². The van der Waals surface area contributed by atoms with Gasteiger partial charge in [0.25, 0.3) is 0 Å². The molecular weight excluding hydrogens is 447 g/mol. The SMILES string of the molecule is O=C(c1ccccn1)c1cc(Br)cc(Br)c1-n1cnnc1CCl. The predicted octanol–water partition coefficient (Wildman–Crippen LogP) is 4.16. The minimum Gasteiger partial charge on any atom is -0.287 e. The Morgan fingerprint density at radius 2 is 2.09 bits per heavy atom. The highest BCUT2D eigenvalue weighted by molar-refractivity contribution is 9.11. The molecule has 0 atom stereocenters. The summed E-state index contributed by atoms with van der Waals surface area (Å²) >= 11 is 12.8. The third-order valence-electron chi connectivity index (χ3n) is 3.15. The van der Waals surface area contributed by atoms with Gasteiger partial charge in [-0.25, -0.2) is 0 Å². The van der Waals surface area contributed by atoms with Crippen LogP contribution in [0, 0.1) is 0 Å². The van der Waals surface area contributed by atoms with Crippen LogP contribution in [0.4, 0.5) is 0 Å². The van der Waals surface area contributed by atoms with E-state index in [0.29, 0.717) is 22.8 Å². The first kappa shape index (κ1) is 16.3. The third-order valence-corrected chi connectivity index (χ3v) is 4.45. The topological polar surface area (TPSA) is 60.7 Å². The predicted molar refractivity (Wildman–Crippen MR) is 94.0 cm³/mol. The zero-order valence-electron chi connectivity index (χ0n) is 11.6. The van der Waals surface area contributed by atoms with E-state index in [2.05, 4.69) is 47.0 Å². The lowest BCUT2D eigenvalue weighted by atomic mass is 10.1. The van der Waals surface area contributed by atoms with Gasteiger partial charge in [0.05, 0.1) is 17.1 Å². The van der Waals surface area contributed by atoms with Gasteiger partial charge in [0.2, 0.25) is 5.78 Å². The molecular formula is C15H9Br2ClN4O. The van der Waals surface area contributed by atoms with Gasteiger partial charge in [0.1, 0.15) is 12.0 Å². The fraction of sp³-hybridized carbons (Fsp3) is 0.0667. The molecule has 2 heterocycles. The Hall–Kier alpha value is -1.57. The standard InChI is InChI=1S/C15H9Br2ClN4O/c16-9-5-10(15(23)12-3-1-2-4-19-12)14(11(17)6-9)22-8-20-21-13(22)7-18/h1-6,8H,7H2. The zero-order valence-corrected chi connectivity index (χ0v) is 15.5. The molecule has 0 amide bonds. The molecule has 116 valence electrons. The molecule has 0 unspecified atom stereocenters. The highest BCUT2D eigenvalue weighted by Gasteiger charge is 2.21. The molecule has 5 nitrogen and oxygen atoms in total. The lowest BCUT2D eigenvalue weighted by Gasteiger charge is -2.13. The Kier molecular flexibility index (Phi) is 4.89. The van der Waals surface area contributed by atoms with Crippen molar-refractivity contribution in [3.05, 3.63) is 68.9 Å². The number of aromatic nitrogens is 4. The molecule has 8 heteroatoms. The Bertz CT molecular complexity index is 867. The minimum absolute atomic E-state index is 0.180. The van der Waals surface area contributed by atoms with Gasteiger partial charge in [0.15, 0.2) is 5.82 Å². The molecule has 1 aromatic carbocycles. The van der Waals surface area contributed by atoms with Gasteiger partial charge in [-0.15, -0.1) is 21.8 Å². The first-order valence-electron chi connectivity index (χ1n) is 6.52. The van der Waals surface area contributed by atoms with E-state index in [0.717, 1.165) is 8.95 Å². The second-order valence-electron chi connectivity index (χ2n) is 4.58.